The molecule has 90 valence electrons. The minimum atomic E-state index is -0.711. The first kappa shape index (κ1) is 12.9. The van der Waals surface area contributed by atoms with E-state index in [0.29, 0.717) is 18.8 Å². The third kappa shape index (κ3) is 2.91. The van der Waals surface area contributed by atoms with Crippen molar-refractivity contribution in [1.82, 2.24) is 4.98 Å². The molecule has 0 radical (unpaired) electrons. The molecule has 0 bridgehead atoms. The third-order valence-electron chi connectivity index (χ3n) is 2.74. The van der Waals surface area contributed by atoms with Gasteiger partial charge in [0.25, 0.3) is 0 Å². The van der Waals surface area contributed by atoms with Crippen molar-refractivity contribution in [2.24, 2.45) is 5.73 Å². The summed E-state index contributed by atoms with van der Waals surface area (Å²) in [4.78, 5) is 4.16. The van der Waals surface area contributed by atoms with Crippen molar-refractivity contribution in [1.29, 1.82) is 0 Å². The third-order valence-corrected chi connectivity index (χ3v) is 2.74. The van der Waals surface area contributed by atoms with Crippen molar-refractivity contribution < 1.29 is 10.2 Å². The summed E-state index contributed by atoms with van der Waals surface area (Å²) in [5.41, 5.74) is 5.70. The van der Waals surface area contributed by atoms with Crippen molar-refractivity contribution in [3.63, 3.8) is 0 Å². The number of aliphatic hydroxyl groups excluding tert-OH is 2. The molecule has 1 aromatic heterocycles. The van der Waals surface area contributed by atoms with Gasteiger partial charge in [-0.15, -0.1) is 0 Å². The van der Waals surface area contributed by atoms with E-state index in [0.717, 1.165) is 5.56 Å². The number of hydrogen-bond donors (Lipinski definition) is 4. The predicted octanol–water partition coefficient (Wildman–Crippen LogP) is 0.0856. The molecule has 0 saturated carbocycles. The second-order valence-corrected chi connectivity index (χ2v) is 3.83. The fourth-order valence-corrected chi connectivity index (χ4v) is 1.33. The van der Waals surface area contributed by atoms with E-state index in [4.69, 9.17) is 5.73 Å². The molecule has 0 aromatic carbocycles. The zero-order chi connectivity index (χ0) is 12.0. The minimum Gasteiger partial charge on any atom is -0.394 e. The molecule has 0 fully saturated rings. The van der Waals surface area contributed by atoms with E-state index in [9.17, 15) is 10.2 Å². The van der Waals surface area contributed by atoms with Gasteiger partial charge in [-0.25, -0.2) is 4.98 Å². The molecule has 5 N–H and O–H groups in total. The lowest BCUT2D eigenvalue weighted by molar-refractivity contribution is 0.132. The fraction of sp³-hybridized carbons (Fsp3) is 0.545. The van der Waals surface area contributed by atoms with Gasteiger partial charge in [-0.1, -0.05) is 13.0 Å². The largest absolute Gasteiger partial charge is 0.394 e. The summed E-state index contributed by atoms with van der Waals surface area (Å²) >= 11 is 0. The van der Waals surface area contributed by atoms with E-state index in [1.807, 2.05) is 13.0 Å². The Labute approximate surface area is 95.3 Å². The molecule has 16 heavy (non-hydrogen) atoms. The molecule has 0 aliphatic heterocycles. The van der Waals surface area contributed by atoms with E-state index < -0.39 is 5.54 Å². The van der Waals surface area contributed by atoms with E-state index in [2.05, 4.69) is 10.3 Å². The number of nitrogens with one attached hydrogen (secondary N) is 1. The van der Waals surface area contributed by atoms with Crippen molar-refractivity contribution in [3.05, 3.63) is 23.9 Å². The Morgan fingerprint density at radius 3 is 2.44 bits per heavy atom. The average molecular weight is 225 g/mol. The number of anilines is 1. The van der Waals surface area contributed by atoms with Gasteiger partial charge in [-0.3, -0.25) is 0 Å². The van der Waals surface area contributed by atoms with Gasteiger partial charge in [0.1, 0.15) is 5.82 Å². The lowest BCUT2D eigenvalue weighted by Crippen LogP contribution is -2.45. The standard InChI is InChI=1S/C11H19N3O2/c1-2-11(7-15,8-16)14-10-4-3-9(5-12)6-13-10/h3-4,6,15-16H,2,5,7-8,12H2,1H3,(H,13,14). The zero-order valence-corrected chi connectivity index (χ0v) is 9.48. The summed E-state index contributed by atoms with van der Waals surface area (Å²) in [5.74, 6) is 0.627. The van der Waals surface area contributed by atoms with Crippen LogP contribution in [-0.2, 0) is 6.54 Å². The minimum absolute atomic E-state index is 0.139. The first-order valence-corrected chi connectivity index (χ1v) is 5.34. The highest BCUT2D eigenvalue weighted by Gasteiger charge is 2.26. The van der Waals surface area contributed by atoms with Crippen molar-refractivity contribution in [2.75, 3.05) is 18.5 Å². The van der Waals surface area contributed by atoms with Crippen molar-refractivity contribution >= 4 is 5.82 Å². The monoisotopic (exact) mass is 225 g/mol. The van der Waals surface area contributed by atoms with Gasteiger partial charge in [0.05, 0.1) is 18.8 Å². The second kappa shape index (κ2) is 5.79. The predicted molar refractivity (Wildman–Crippen MR) is 62.9 cm³/mol. The van der Waals surface area contributed by atoms with Crippen LogP contribution in [0.2, 0.25) is 0 Å². The maximum absolute atomic E-state index is 9.27. The Bertz CT molecular complexity index is 301. The number of nitrogens with two attached hydrogens (primary N) is 1. The van der Waals surface area contributed by atoms with E-state index in [-0.39, 0.29) is 13.2 Å². The Morgan fingerprint density at radius 1 is 1.38 bits per heavy atom. The molecule has 5 heteroatoms. The fourth-order valence-electron chi connectivity index (χ4n) is 1.33. The molecule has 5 nitrogen and oxygen atoms in total. The summed E-state index contributed by atoms with van der Waals surface area (Å²) in [6.45, 7) is 2.07. The molecule has 0 atom stereocenters. The number of hydrogen-bond acceptors (Lipinski definition) is 5. The highest BCUT2D eigenvalue weighted by Crippen LogP contribution is 2.16. The number of nitrogens with zero attached hydrogens (tertiary/aromatic N) is 1. The molecule has 0 spiro atoms. The first-order chi connectivity index (χ1) is 7.69. The molecular weight excluding hydrogens is 206 g/mol. The molecule has 0 aliphatic rings. The average Bonchev–Trinajstić information content (AvgIpc) is 2.37. The van der Waals surface area contributed by atoms with Gasteiger partial charge in [0.2, 0.25) is 0 Å². The summed E-state index contributed by atoms with van der Waals surface area (Å²) in [7, 11) is 0. The molecule has 0 saturated heterocycles. The van der Waals surface area contributed by atoms with Crippen LogP contribution in [0.15, 0.2) is 18.3 Å². The maximum atomic E-state index is 9.27. The van der Waals surface area contributed by atoms with Crippen LogP contribution < -0.4 is 11.1 Å². The topological polar surface area (TPSA) is 91.4 Å². The number of aromatic nitrogens is 1. The van der Waals surface area contributed by atoms with Crippen LogP contribution in [0.4, 0.5) is 5.82 Å². The van der Waals surface area contributed by atoms with Gasteiger partial charge < -0.3 is 21.3 Å². The highest BCUT2D eigenvalue weighted by atomic mass is 16.3. The van der Waals surface area contributed by atoms with E-state index in [1.54, 1.807) is 12.3 Å². The second-order valence-electron chi connectivity index (χ2n) is 3.83. The number of aliphatic hydroxyl groups is 2. The summed E-state index contributed by atoms with van der Waals surface area (Å²) < 4.78 is 0. The van der Waals surface area contributed by atoms with Gasteiger partial charge >= 0.3 is 0 Å². The molecule has 1 aromatic rings. The van der Waals surface area contributed by atoms with Crippen LogP contribution in [0.1, 0.15) is 18.9 Å². The zero-order valence-electron chi connectivity index (χ0n) is 9.48. The summed E-state index contributed by atoms with van der Waals surface area (Å²) in [6.07, 6.45) is 2.29. The maximum Gasteiger partial charge on any atom is 0.126 e. The lowest BCUT2D eigenvalue weighted by atomic mass is 9.98. The lowest BCUT2D eigenvalue weighted by Gasteiger charge is -2.30. The van der Waals surface area contributed by atoms with Crippen LogP contribution in [0, 0.1) is 0 Å². The van der Waals surface area contributed by atoms with Gasteiger partial charge in [0, 0.05) is 12.7 Å². The molecule has 0 unspecified atom stereocenters. The van der Waals surface area contributed by atoms with Crippen molar-refractivity contribution in [2.45, 2.75) is 25.4 Å². The normalized spacial score (nSPS) is 11.5. The Hall–Kier alpha value is -1.17. The molecular formula is C11H19N3O2. The van der Waals surface area contributed by atoms with Crippen molar-refractivity contribution in [3.8, 4) is 0 Å². The molecule has 1 heterocycles. The van der Waals surface area contributed by atoms with Crippen LogP contribution >= 0.6 is 0 Å². The summed E-state index contributed by atoms with van der Waals surface area (Å²) in [5, 5.41) is 21.6. The van der Waals surface area contributed by atoms with Crippen LogP contribution in [-0.4, -0.2) is 33.9 Å². The molecule has 0 aliphatic carbocycles. The van der Waals surface area contributed by atoms with Gasteiger partial charge in [-0.05, 0) is 18.1 Å². The van der Waals surface area contributed by atoms with Crippen LogP contribution in [0.25, 0.3) is 0 Å². The first-order valence-electron chi connectivity index (χ1n) is 5.34. The Balaban J connectivity index is 2.77. The Kier molecular flexibility index (Phi) is 4.67. The number of rotatable bonds is 6. The van der Waals surface area contributed by atoms with Gasteiger partial charge in [-0.2, -0.15) is 0 Å². The van der Waals surface area contributed by atoms with Crippen LogP contribution in [0.5, 0.6) is 0 Å². The smallest absolute Gasteiger partial charge is 0.126 e. The highest BCUT2D eigenvalue weighted by molar-refractivity contribution is 5.38. The van der Waals surface area contributed by atoms with E-state index >= 15 is 0 Å². The van der Waals surface area contributed by atoms with Crippen LogP contribution in [0.3, 0.4) is 0 Å². The quantitative estimate of drug-likeness (QED) is 0.550. The molecule has 1 rings (SSSR count). The SMILES string of the molecule is CCC(CO)(CO)Nc1ccc(CN)cn1. The number of pyridine rings is 1. The van der Waals surface area contributed by atoms with Gasteiger partial charge in [0.15, 0.2) is 0 Å². The Morgan fingerprint density at radius 2 is 2.06 bits per heavy atom. The van der Waals surface area contributed by atoms with E-state index in [1.165, 1.54) is 0 Å². The summed E-state index contributed by atoms with van der Waals surface area (Å²) in [6, 6.07) is 3.66. The molecule has 0 amide bonds.